The molecule has 1 amide bonds. The molecule has 0 aromatic rings. The summed E-state index contributed by atoms with van der Waals surface area (Å²) >= 11 is 0. The molecule has 6 nitrogen and oxygen atoms in total. The van der Waals surface area contributed by atoms with Crippen LogP contribution in [0.25, 0.3) is 0 Å². The Labute approximate surface area is 114 Å². The van der Waals surface area contributed by atoms with E-state index in [0.29, 0.717) is 0 Å². The number of hydrogen-bond acceptors (Lipinski definition) is 5. The summed E-state index contributed by atoms with van der Waals surface area (Å²) in [6.45, 7) is 6.92. The number of rotatable bonds is 3. The summed E-state index contributed by atoms with van der Waals surface area (Å²) in [4.78, 5) is 25.1. The summed E-state index contributed by atoms with van der Waals surface area (Å²) in [6.07, 6.45) is 1.22. The quantitative estimate of drug-likeness (QED) is 0.781. The summed E-state index contributed by atoms with van der Waals surface area (Å²) in [5.74, 6) is -0.425. The molecule has 0 spiro atoms. The van der Waals surface area contributed by atoms with Crippen molar-refractivity contribution >= 4 is 12.1 Å². The van der Waals surface area contributed by atoms with Crippen LogP contribution < -0.4 is 5.32 Å². The van der Waals surface area contributed by atoms with E-state index in [1.165, 1.54) is 0 Å². The van der Waals surface area contributed by atoms with Crippen molar-refractivity contribution in [2.75, 3.05) is 26.7 Å². The highest BCUT2D eigenvalue weighted by Gasteiger charge is 2.21. The van der Waals surface area contributed by atoms with E-state index >= 15 is 0 Å². The van der Waals surface area contributed by atoms with Crippen molar-refractivity contribution in [2.45, 2.75) is 45.3 Å². The number of alkyl carbamates (subject to hydrolysis) is 1. The Hall–Kier alpha value is -1.30. The fourth-order valence-electron chi connectivity index (χ4n) is 1.90. The minimum atomic E-state index is -0.606. The highest BCUT2D eigenvalue weighted by molar-refractivity contribution is 5.78. The highest BCUT2D eigenvalue weighted by Crippen LogP contribution is 2.11. The van der Waals surface area contributed by atoms with Crippen LogP contribution in [0.5, 0.6) is 0 Å². The summed E-state index contributed by atoms with van der Waals surface area (Å²) in [5.41, 5.74) is -0.569. The lowest BCUT2D eigenvalue weighted by Crippen LogP contribution is -2.41. The van der Waals surface area contributed by atoms with Crippen LogP contribution in [-0.4, -0.2) is 55.3 Å². The molecule has 0 saturated carbocycles. The number of likely N-dealkylation sites (N-methyl/N-ethyl adjacent to an activating group) is 1. The van der Waals surface area contributed by atoms with Gasteiger partial charge in [0.1, 0.15) is 18.2 Å². The van der Waals surface area contributed by atoms with Gasteiger partial charge in [-0.1, -0.05) is 0 Å². The third kappa shape index (κ3) is 7.00. The molecule has 0 bridgehead atoms. The van der Waals surface area contributed by atoms with Crippen LogP contribution in [0.4, 0.5) is 4.79 Å². The summed E-state index contributed by atoms with van der Waals surface area (Å²) in [7, 11) is 2.00. The average Bonchev–Trinajstić information content (AvgIpc) is 2.24. The number of likely N-dealkylation sites (tertiary alicyclic amines) is 1. The van der Waals surface area contributed by atoms with Gasteiger partial charge < -0.3 is 19.7 Å². The predicted octanol–water partition coefficient (Wildman–Crippen LogP) is 1.15. The van der Waals surface area contributed by atoms with Gasteiger partial charge in [-0.05, 0) is 47.2 Å². The summed E-state index contributed by atoms with van der Waals surface area (Å²) in [5, 5.41) is 2.39. The normalized spacial score (nSPS) is 20.7. The van der Waals surface area contributed by atoms with Gasteiger partial charge in [-0.15, -0.1) is 0 Å². The number of nitrogens with one attached hydrogen (secondary N) is 1. The number of nitrogens with zero attached hydrogens (tertiary/aromatic N) is 1. The molecule has 1 heterocycles. The molecule has 1 aliphatic rings. The van der Waals surface area contributed by atoms with Crippen molar-refractivity contribution in [3.05, 3.63) is 0 Å². The van der Waals surface area contributed by atoms with Gasteiger partial charge in [0.15, 0.2) is 0 Å². The van der Waals surface area contributed by atoms with Crippen molar-refractivity contribution in [3.63, 3.8) is 0 Å². The van der Waals surface area contributed by atoms with Crippen molar-refractivity contribution in [1.29, 1.82) is 0 Å². The first-order chi connectivity index (χ1) is 8.76. The number of amides is 1. The molecule has 1 rings (SSSR count). The number of esters is 1. The van der Waals surface area contributed by atoms with Crippen molar-refractivity contribution in [3.8, 4) is 0 Å². The Morgan fingerprint density at radius 3 is 2.63 bits per heavy atom. The lowest BCUT2D eigenvalue weighted by molar-refractivity contribution is -0.150. The number of carbonyl (C=O) groups is 2. The molecule has 1 unspecified atom stereocenters. The molecule has 19 heavy (non-hydrogen) atoms. The van der Waals surface area contributed by atoms with Gasteiger partial charge in [0, 0.05) is 6.54 Å². The van der Waals surface area contributed by atoms with E-state index < -0.39 is 17.7 Å². The van der Waals surface area contributed by atoms with Crippen molar-refractivity contribution in [1.82, 2.24) is 10.2 Å². The SMILES string of the molecule is CN1CCCC(OC(=O)CNC(=O)OC(C)(C)C)C1. The molecular weight excluding hydrogens is 248 g/mol. The van der Waals surface area contributed by atoms with Crippen molar-refractivity contribution < 1.29 is 19.1 Å². The van der Waals surface area contributed by atoms with Crippen LogP contribution in [0.1, 0.15) is 33.6 Å². The zero-order valence-electron chi connectivity index (χ0n) is 12.2. The molecule has 1 saturated heterocycles. The molecule has 0 aromatic carbocycles. The van der Waals surface area contributed by atoms with E-state index in [0.717, 1.165) is 25.9 Å². The van der Waals surface area contributed by atoms with Crippen LogP contribution in [0, 0.1) is 0 Å². The fraction of sp³-hybridized carbons (Fsp3) is 0.846. The first-order valence-electron chi connectivity index (χ1n) is 6.61. The maximum absolute atomic E-state index is 11.6. The van der Waals surface area contributed by atoms with Gasteiger partial charge in [-0.25, -0.2) is 4.79 Å². The monoisotopic (exact) mass is 272 g/mol. The largest absolute Gasteiger partial charge is 0.460 e. The third-order valence-electron chi connectivity index (χ3n) is 2.66. The Kier molecular flexibility index (Phi) is 5.60. The number of hydrogen-bond donors (Lipinski definition) is 1. The molecule has 1 fully saturated rings. The predicted molar refractivity (Wildman–Crippen MR) is 70.8 cm³/mol. The van der Waals surface area contributed by atoms with Gasteiger partial charge in [0.2, 0.25) is 0 Å². The Balaban J connectivity index is 2.22. The van der Waals surface area contributed by atoms with Gasteiger partial charge in [0.25, 0.3) is 0 Å². The maximum atomic E-state index is 11.6. The van der Waals surface area contributed by atoms with Crippen LogP contribution in [-0.2, 0) is 14.3 Å². The minimum Gasteiger partial charge on any atom is -0.460 e. The van der Waals surface area contributed by atoms with Crippen LogP contribution in [0.2, 0.25) is 0 Å². The van der Waals surface area contributed by atoms with Crippen LogP contribution in [0.3, 0.4) is 0 Å². The van der Waals surface area contributed by atoms with Crippen LogP contribution >= 0.6 is 0 Å². The smallest absolute Gasteiger partial charge is 0.408 e. The molecule has 1 aliphatic heterocycles. The standard InChI is InChI=1S/C13H24N2O4/c1-13(2,3)19-12(17)14-8-11(16)18-10-6-5-7-15(4)9-10/h10H,5-9H2,1-4H3,(H,14,17). The fourth-order valence-corrected chi connectivity index (χ4v) is 1.90. The lowest BCUT2D eigenvalue weighted by atomic mass is 10.1. The van der Waals surface area contributed by atoms with E-state index in [2.05, 4.69) is 10.2 Å². The molecule has 1 N–H and O–H groups in total. The van der Waals surface area contributed by atoms with E-state index in [1.807, 2.05) is 7.05 Å². The molecular formula is C13H24N2O4. The number of ether oxygens (including phenoxy) is 2. The molecule has 110 valence electrons. The summed E-state index contributed by atoms with van der Waals surface area (Å²) in [6, 6.07) is 0. The Bertz CT molecular complexity index is 325. The zero-order chi connectivity index (χ0) is 14.5. The second kappa shape index (κ2) is 6.75. The van der Waals surface area contributed by atoms with Gasteiger partial charge >= 0.3 is 12.1 Å². The van der Waals surface area contributed by atoms with E-state index in [-0.39, 0.29) is 12.6 Å². The topological polar surface area (TPSA) is 67.9 Å². The molecule has 0 radical (unpaired) electrons. The zero-order valence-corrected chi connectivity index (χ0v) is 12.2. The number of piperidine rings is 1. The average molecular weight is 272 g/mol. The van der Waals surface area contributed by atoms with E-state index in [1.54, 1.807) is 20.8 Å². The molecule has 0 aromatic heterocycles. The van der Waals surface area contributed by atoms with E-state index in [4.69, 9.17) is 9.47 Å². The van der Waals surface area contributed by atoms with Gasteiger partial charge in [-0.3, -0.25) is 4.79 Å². The second-order valence-corrected chi connectivity index (χ2v) is 5.87. The second-order valence-electron chi connectivity index (χ2n) is 5.87. The number of carbonyl (C=O) groups excluding carboxylic acids is 2. The van der Waals surface area contributed by atoms with Gasteiger partial charge in [0.05, 0.1) is 0 Å². The lowest BCUT2D eigenvalue weighted by Gasteiger charge is -2.29. The highest BCUT2D eigenvalue weighted by atomic mass is 16.6. The first kappa shape index (κ1) is 15.8. The molecule has 1 atom stereocenters. The first-order valence-corrected chi connectivity index (χ1v) is 6.61. The molecule has 0 aliphatic carbocycles. The van der Waals surface area contributed by atoms with Crippen molar-refractivity contribution in [2.24, 2.45) is 0 Å². The van der Waals surface area contributed by atoms with Crippen LogP contribution in [0.15, 0.2) is 0 Å². The molecule has 6 heteroatoms. The minimum absolute atomic E-state index is 0.0771. The Morgan fingerprint density at radius 1 is 1.37 bits per heavy atom. The third-order valence-corrected chi connectivity index (χ3v) is 2.66. The Morgan fingerprint density at radius 2 is 2.05 bits per heavy atom. The van der Waals surface area contributed by atoms with Gasteiger partial charge in [-0.2, -0.15) is 0 Å². The van der Waals surface area contributed by atoms with E-state index in [9.17, 15) is 9.59 Å². The summed E-state index contributed by atoms with van der Waals surface area (Å²) < 4.78 is 10.3. The maximum Gasteiger partial charge on any atom is 0.408 e.